The Hall–Kier alpha value is -2.12. The summed E-state index contributed by atoms with van der Waals surface area (Å²) in [6.07, 6.45) is 0. The van der Waals surface area contributed by atoms with Crippen molar-refractivity contribution >= 4 is 12.0 Å². The number of nitrogens with one attached hydrogen (secondary N) is 1. The van der Waals surface area contributed by atoms with Gasteiger partial charge in [0.15, 0.2) is 5.69 Å². The molecule has 2 rings (SSSR count). The summed E-state index contributed by atoms with van der Waals surface area (Å²) in [5, 5.41) is 10.6. The molecule has 0 saturated carbocycles. The lowest BCUT2D eigenvalue weighted by atomic mass is 10.1. The zero-order valence-corrected chi connectivity index (χ0v) is 11.9. The highest BCUT2D eigenvalue weighted by Crippen LogP contribution is 2.18. The van der Waals surface area contributed by atoms with Gasteiger partial charge in [-0.1, -0.05) is 19.1 Å². The van der Waals surface area contributed by atoms with Crippen molar-refractivity contribution in [3.8, 4) is 0 Å². The molecule has 1 N–H and O–H groups in total. The first-order valence-electron chi connectivity index (χ1n) is 6.59. The van der Waals surface area contributed by atoms with Gasteiger partial charge in [0.25, 0.3) is 0 Å². The number of hydrogen-bond donors (Lipinski definition) is 1. The lowest BCUT2D eigenvalue weighted by Gasteiger charge is -2.15. The number of amides is 2. The maximum absolute atomic E-state index is 11.7. The van der Waals surface area contributed by atoms with E-state index in [1.807, 2.05) is 13.8 Å². The van der Waals surface area contributed by atoms with Crippen LogP contribution >= 0.6 is 0 Å². The van der Waals surface area contributed by atoms with Crippen molar-refractivity contribution < 1.29 is 14.3 Å². The van der Waals surface area contributed by atoms with Crippen molar-refractivity contribution in [1.82, 2.24) is 25.2 Å². The van der Waals surface area contributed by atoms with Crippen LogP contribution in [-0.4, -0.2) is 58.6 Å². The van der Waals surface area contributed by atoms with Gasteiger partial charge in [0, 0.05) is 19.6 Å². The third kappa shape index (κ3) is 2.73. The fraction of sp³-hybridized carbons (Fsp3) is 0.667. The highest BCUT2D eigenvalue weighted by Gasteiger charge is 2.24. The molecule has 1 aromatic rings. The topological polar surface area (TPSA) is 89.3 Å². The lowest BCUT2D eigenvalue weighted by molar-refractivity contribution is 0.0592. The largest absolute Gasteiger partial charge is 0.464 e. The van der Waals surface area contributed by atoms with Crippen molar-refractivity contribution in [3.05, 3.63) is 11.4 Å². The molecule has 0 aromatic carbocycles. The van der Waals surface area contributed by atoms with Gasteiger partial charge in [-0.3, -0.25) is 0 Å². The molecule has 2 amide bonds. The molecule has 0 radical (unpaired) electrons. The molecule has 0 atom stereocenters. The molecule has 0 unspecified atom stereocenters. The summed E-state index contributed by atoms with van der Waals surface area (Å²) in [6.45, 7) is 6.32. The molecule has 1 saturated heterocycles. The van der Waals surface area contributed by atoms with Gasteiger partial charge in [-0.05, 0) is 5.92 Å². The standard InChI is InChI=1S/C12H19N5O3/c1-8(2)10-9(11(18)20-3)14-15-17(10)7-6-16-5-4-13-12(16)19/h8H,4-7H2,1-3H3,(H,13,19). The number of ether oxygens (including phenoxy) is 1. The number of carbonyl (C=O) groups excluding carboxylic acids is 2. The van der Waals surface area contributed by atoms with E-state index < -0.39 is 5.97 Å². The normalized spacial score (nSPS) is 14.8. The first-order chi connectivity index (χ1) is 9.54. The molecule has 2 heterocycles. The van der Waals surface area contributed by atoms with Crippen molar-refractivity contribution in [3.63, 3.8) is 0 Å². The van der Waals surface area contributed by atoms with Gasteiger partial charge in [0.2, 0.25) is 0 Å². The Bertz CT molecular complexity index is 511. The second kappa shape index (κ2) is 5.89. The van der Waals surface area contributed by atoms with Crippen LogP contribution in [0.1, 0.15) is 35.9 Å². The fourth-order valence-electron chi connectivity index (χ4n) is 2.24. The maximum atomic E-state index is 11.7. The highest BCUT2D eigenvalue weighted by molar-refractivity contribution is 5.88. The highest BCUT2D eigenvalue weighted by atomic mass is 16.5. The van der Waals surface area contributed by atoms with E-state index >= 15 is 0 Å². The van der Waals surface area contributed by atoms with Gasteiger partial charge < -0.3 is 15.0 Å². The van der Waals surface area contributed by atoms with Crippen LogP contribution in [-0.2, 0) is 11.3 Å². The zero-order chi connectivity index (χ0) is 14.7. The molecule has 0 spiro atoms. The van der Waals surface area contributed by atoms with Crippen LogP contribution in [0, 0.1) is 0 Å². The number of rotatable bonds is 5. The van der Waals surface area contributed by atoms with Gasteiger partial charge in [0.05, 0.1) is 19.3 Å². The molecule has 1 aromatic heterocycles. The summed E-state index contributed by atoms with van der Waals surface area (Å²) >= 11 is 0. The van der Waals surface area contributed by atoms with E-state index in [1.54, 1.807) is 9.58 Å². The van der Waals surface area contributed by atoms with Crippen molar-refractivity contribution in [2.45, 2.75) is 26.3 Å². The van der Waals surface area contributed by atoms with E-state index in [1.165, 1.54) is 7.11 Å². The number of methoxy groups -OCH3 is 1. The Morgan fingerprint density at radius 1 is 1.45 bits per heavy atom. The Balaban J connectivity index is 2.13. The van der Waals surface area contributed by atoms with E-state index in [-0.39, 0.29) is 17.6 Å². The first-order valence-corrected chi connectivity index (χ1v) is 6.59. The van der Waals surface area contributed by atoms with Crippen LogP contribution in [0.5, 0.6) is 0 Å². The van der Waals surface area contributed by atoms with Crippen LogP contribution in [0.15, 0.2) is 0 Å². The number of carbonyl (C=O) groups is 2. The molecule has 0 bridgehead atoms. The van der Waals surface area contributed by atoms with E-state index in [2.05, 4.69) is 15.6 Å². The summed E-state index contributed by atoms with van der Waals surface area (Å²) in [7, 11) is 1.32. The van der Waals surface area contributed by atoms with Gasteiger partial charge >= 0.3 is 12.0 Å². The van der Waals surface area contributed by atoms with E-state index in [4.69, 9.17) is 4.74 Å². The molecule has 1 fully saturated rings. The molecular weight excluding hydrogens is 262 g/mol. The number of aromatic nitrogens is 3. The Morgan fingerprint density at radius 2 is 2.20 bits per heavy atom. The summed E-state index contributed by atoms with van der Waals surface area (Å²) in [4.78, 5) is 24.8. The number of urea groups is 1. The Labute approximate surface area is 117 Å². The van der Waals surface area contributed by atoms with Crippen molar-refractivity contribution in [2.24, 2.45) is 0 Å². The monoisotopic (exact) mass is 281 g/mol. The SMILES string of the molecule is COC(=O)c1nnn(CCN2CCNC2=O)c1C(C)C. The van der Waals surface area contributed by atoms with Crippen LogP contribution in [0.4, 0.5) is 4.79 Å². The molecule has 0 aliphatic carbocycles. The maximum Gasteiger partial charge on any atom is 0.360 e. The summed E-state index contributed by atoms with van der Waals surface area (Å²) < 4.78 is 6.38. The minimum Gasteiger partial charge on any atom is -0.464 e. The first kappa shape index (κ1) is 14.3. The molecular formula is C12H19N5O3. The second-order valence-corrected chi connectivity index (χ2v) is 4.91. The molecule has 20 heavy (non-hydrogen) atoms. The number of hydrogen-bond acceptors (Lipinski definition) is 5. The average molecular weight is 281 g/mol. The van der Waals surface area contributed by atoms with E-state index in [9.17, 15) is 9.59 Å². The lowest BCUT2D eigenvalue weighted by Crippen LogP contribution is -2.31. The Morgan fingerprint density at radius 3 is 2.75 bits per heavy atom. The van der Waals surface area contributed by atoms with E-state index in [0.717, 1.165) is 5.69 Å². The second-order valence-electron chi connectivity index (χ2n) is 4.91. The third-order valence-electron chi connectivity index (χ3n) is 3.23. The summed E-state index contributed by atoms with van der Waals surface area (Å²) in [5.41, 5.74) is 0.977. The Kier molecular flexibility index (Phi) is 4.21. The molecule has 110 valence electrons. The van der Waals surface area contributed by atoms with Gasteiger partial charge in [0.1, 0.15) is 0 Å². The predicted octanol–water partition coefficient (Wildman–Crippen LogP) is 0.213. The van der Waals surface area contributed by atoms with Crippen LogP contribution < -0.4 is 5.32 Å². The molecule has 8 nitrogen and oxygen atoms in total. The zero-order valence-electron chi connectivity index (χ0n) is 11.9. The number of nitrogens with zero attached hydrogens (tertiary/aromatic N) is 4. The molecule has 1 aliphatic rings. The van der Waals surface area contributed by atoms with Gasteiger partial charge in [-0.15, -0.1) is 5.10 Å². The van der Waals surface area contributed by atoms with E-state index in [0.29, 0.717) is 26.2 Å². The molecule has 8 heteroatoms. The van der Waals surface area contributed by atoms with Crippen LogP contribution in [0.25, 0.3) is 0 Å². The quantitative estimate of drug-likeness (QED) is 0.779. The minimum absolute atomic E-state index is 0.0654. The smallest absolute Gasteiger partial charge is 0.360 e. The van der Waals surface area contributed by atoms with Crippen LogP contribution in [0.2, 0.25) is 0 Å². The molecule has 1 aliphatic heterocycles. The van der Waals surface area contributed by atoms with Gasteiger partial charge in [-0.25, -0.2) is 14.3 Å². The van der Waals surface area contributed by atoms with Crippen LogP contribution in [0.3, 0.4) is 0 Å². The number of esters is 1. The minimum atomic E-state index is -0.487. The summed E-state index contributed by atoms with van der Waals surface area (Å²) in [5.74, 6) is -0.398. The average Bonchev–Trinajstić information content (AvgIpc) is 3.01. The van der Waals surface area contributed by atoms with Crippen molar-refractivity contribution in [1.29, 1.82) is 0 Å². The van der Waals surface area contributed by atoms with Gasteiger partial charge in [-0.2, -0.15) is 0 Å². The predicted molar refractivity (Wildman–Crippen MR) is 70.4 cm³/mol. The fourth-order valence-corrected chi connectivity index (χ4v) is 2.24. The summed E-state index contributed by atoms with van der Waals surface area (Å²) in [6, 6.07) is -0.0654. The third-order valence-corrected chi connectivity index (χ3v) is 3.23. The van der Waals surface area contributed by atoms with Crippen molar-refractivity contribution in [2.75, 3.05) is 26.7 Å².